The molecule has 0 aromatic carbocycles. The Hall–Kier alpha value is -0.770. The maximum absolute atomic E-state index is 11.8. The standard InChI is InChI=1S/C11H21N3O5/c12-7-9(16)8(15)6(19-11(7)18)4-14-10(17)5-2-1-3-13-5/h5-9,11,13,15-16,18H,1-4,12H2,(H,14,17)/t5-,6+,7+,8+,9+,11?/m0/s1. The van der Waals surface area contributed by atoms with E-state index in [1.54, 1.807) is 0 Å². The van der Waals surface area contributed by atoms with E-state index in [4.69, 9.17) is 10.5 Å². The molecule has 1 unspecified atom stereocenters. The fraction of sp³-hybridized carbons (Fsp3) is 0.909. The number of carbonyl (C=O) groups excluding carboxylic acids is 1. The van der Waals surface area contributed by atoms with E-state index in [0.717, 1.165) is 19.4 Å². The first-order chi connectivity index (χ1) is 9.00. The average molecular weight is 275 g/mol. The molecule has 0 radical (unpaired) electrons. The number of hydrogen-bond acceptors (Lipinski definition) is 7. The van der Waals surface area contributed by atoms with Gasteiger partial charge in [-0.2, -0.15) is 0 Å². The highest BCUT2D eigenvalue weighted by atomic mass is 16.6. The van der Waals surface area contributed by atoms with Crippen molar-refractivity contribution in [2.75, 3.05) is 13.1 Å². The number of amides is 1. The molecule has 0 aromatic rings. The largest absolute Gasteiger partial charge is 0.388 e. The van der Waals surface area contributed by atoms with Gasteiger partial charge in [0.25, 0.3) is 0 Å². The maximum atomic E-state index is 11.8. The van der Waals surface area contributed by atoms with Crippen molar-refractivity contribution in [2.45, 2.75) is 49.5 Å². The number of rotatable bonds is 3. The van der Waals surface area contributed by atoms with Crippen molar-refractivity contribution in [1.29, 1.82) is 0 Å². The van der Waals surface area contributed by atoms with Crippen LogP contribution in [0.1, 0.15) is 12.8 Å². The van der Waals surface area contributed by atoms with Crippen LogP contribution in [-0.4, -0.2) is 71.0 Å². The van der Waals surface area contributed by atoms with Gasteiger partial charge in [-0.15, -0.1) is 0 Å². The summed E-state index contributed by atoms with van der Waals surface area (Å²) in [6.45, 7) is 0.825. The van der Waals surface area contributed by atoms with Gasteiger partial charge >= 0.3 is 0 Å². The molecule has 8 heteroatoms. The van der Waals surface area contributed by atoms with E-state index in [-0.39, 0.29) is 18.5 Å². The zero-order valence-electron chi connectivity index (χ0n) is 10.5. The lowest BCUT2D eigenvalue weighted by molar-refractivity contribution is -0.240. The molecular formula is C11H21N3O5. The van der Waals surface area contributed by atoms with E-state index >= 15 is 0 Å². The van der Waals surface area contributed by atoms with Crippen molar-refractivity contribution < 1.29 is 24.9 Å². The molecule has 2 rings (SSSR count). The molecule has 2 saturated heterocycles. The Labute approximate surface area is 110 Å². The van der Waals surface area contributed by atoms with Crippen LogP contribution in [0.25, 0.3) is 0 Å². The van der Waals surface area contributed by atoms with E-state index in [2.05, 4.69) is 10.6 Å². The topological polar surface area (TPSA) is 137 Å². The van der Waals surface area contributed by atoms with Gasteiger partial charge < -0.3 is 36.4 Å². The quantitative estimate of drug-likeness (QED) is 0.316. The predicted molar refractivity (Wildman–Crippen MR) is 64.9 cm³/mol. The van der Waals surface area contributed by atoms with Crippen LogP contribution in [0.3, 0.4) is 0 Å². The number of aliphatic hydroxyl groups excluding tert-OH is 3. The minimum atomic E-state index is -1.36. The van der Waals surface area contributed by atoms with Crippen LogP contribution >= 0.6 is 0 Å². The lowest BCUT2D eigenvalue weighted by Gasteiger charge is -2.39. The highest BCUT2D eigenvalue weighted by Gasteiger charge is 2.42. The highest BCUT2D eigenvalue weighted by molar-refractivity contribution is 5.82. The summed E-state index contributed by atoms with van der Waals surface area (Å²) in [6, 6.07) is -1.28. The maximum Gasteiger partial charge on any atom is 0.237 e. The molecule has 2 fully saturated rings. The Bertz CT molecular complexity index is 323. The fourth-order valence-electron chi connectivity index (χ4n) is 2.37. The molecule has 2 aliphatic rings. The van der Waals surface area contributed by atoms with Gasteiger partial charge in [-0.1, -0.05) is 0 Å². The fourth-order valence-corrected chi connectivity index (χ4v) is 2.37. The second kappa shape index (κ2) is 6.12. The number of nitrogens with one attached hydrogen (secondary N) is 2. The Kier molecular flexibility index (Phi) is 4.71. The van der Waals surface area contributed by atoms with E-state index in [9.17, 15) is 20.1 Å². The molecule has 7 N–H and O–H groups in total. The van der Waals surface area contributed by atoms with Gasteiger partial charge in [0.2, 0.25) is 5.91 Å². The van der Waals surface area contributed by atoms with Gasteiger partial charge in [-0.05, 0) is 19.4 Å². The SMILES string of the molecule is N[C@H]1C(O)O[C@H](CNC(=O)[C@@H]2CCCN2)[C@@H](O)[C@@H]1O. The van der Waals surface area contributed by atoms with Crippen LogP contribution in [0.5, 0.6) is 0 Å². The monoisotopic (exact) mass is 275 g/mol. The molecule has 0 spiro atoms. The summed E-state index contributed by atoms with van der Waals surface area (Å²) in [5.41, 5.74) is 5.45. The van der Waals surface area contributed by atoms with Gasteiger partial charge in [0, 0.05) is 6.54 Å². The first-order valence-electron chi connectivity index (χ1n) is 6.47. The Balaban J connectivity index is 1.83. The third-order valence-electron chi connectivity index (χ3n) is 3.62. The lowest BCUT2D eigenvalue weighted by atomic mass is 9.97. The van der Waals surface area contributed by atoms with Crippen LogP contribution in [-0.2, 0) is 9.53 Å². The summed E-state index contributed by atoms with van der Waals surface area (Å²) < 4.78 is 5.08. The van der Waals surface area contributed by atoms with E-state index in [1.165, 1.54) is 0 Å². The Morgan fingerprint density at radius 3 is 2.74 bits per heavy atom. The summed E-state index contributed by atoms with van der Waals surface area (Å²) in [7, 11) is 0. The molecule has 110 valence electrons. The van der Waals surface area contributed by atoms with E-state index in [0.29, 0.717) is 0 Å². The first-order valence-corrected chi connectivity index (χ1v) is 6.47. The van der Waals surface area contributed by atoms with Crippen LogP contribution in [0.2, 0.25) is 0 Å². The predicted octanol–water partition coefficient (Wildman–Crippen LogP) is -3.38. The van der Waals surface area contributed by atoms with Gasteiger partial charge in [-0.25, -0.2) is 0 Å². The second-order valence-corrected chi connectivity index (χ2v) is 5.02. The number of aliphatic hydroxyl groups is 3. The van der Waals surface area contributed by atoms with Crippen molar-refractivity contribution in [1.82, 2.24) is 10.6 Å². The molecule has 8 nitrogen and oxygen atoms in total. The van der Waals surface area contributed by atoms with Crippen molar-refractivity contribution in [3.63, 3.8) is 0 Å². The smallest absolute Gasteiger partial charge is 0.237 e. The minimum absolute atomic E-state index is 0.0129. The molecule has 0 aliphatic carbocycles. The van der Waals surface area contributed by atoms with Gasteiger partial charge in [-0.3, -0.25) is 4.79 Å². The van der Waals surface area contributed by atoms with Crippen LogP contribution in [0.15, 0.2) is 0 Å². The molecule has 6 atom stereocenters. The average Bonchev–Trinajstić information content (AvgIpc) is 2.92. The van der Waals surface area contributed by atoms with Crippen LogP contribution in [0, 0.1) is 0 Å². The zero-order valence-corrected chi connectivity index (χ0v) is 10.5. The summed E-state index contributed by atoms with van der Waals surface area (Å²) >= 11 is 0. The molecule has 0 saturated carbocycles. The first kappa shape index (κ1) is 14.6. The second-order valence-electron chi connectivity index (χ2n) is 5.02. The molecule has 2 heterocycles. The third kappa shape index (κ3) is 3.22. The minimum Gasteiger partial charge on any atom is -0.388 e. The van der Waals surface area contributed by atoms with E-state index < -0.39 is 30.6 Å². The number of hydrogen-bond donors (Lipinski definition) is 6. The van der Waals surface area contributed by atoms with E-state index in [1.807, 2.05) is 0 Å². The molecule has 1 amide bonds. The number of nitrogens with two attached hydrogens (primary N) is 1. The molecule has 0 bridgehead atoms. The molecule has 19 heavy (non-hydrogen) atoms. The molecule has 2 aliphatic heterocycles. The molecule has 0 aromatic heterocycles. The van der Waals surface area contributed by atoms with Crippen molar-refractivity contribution >= 4 is 5.91 Å². The van der Waals surface area contributed by atoms with Crippen LogP contribution < -0.4 is 16.4 Å². The Morgan fingerprint density at radius 2 is 2.11 bits per heavy atom. The van der Waals surface area contributed by atoms with Crippen LogP contribution in [0.4, 0.5) is 0 Å². The lowest BCUT2D eigenvalue weighted by Crippen LogP contribution is -2.63. The van der Waals surface area contributed by atoms with Crippen molar-refractivity contribution in [3.05, 3.63) is 0 Å². The van der Waals surface area contributed by atoms with Gasteiger partial charge in [0.05, 0.1) is 12.1 Å². The summed E-state index contributed by atoms with van der Waals surface area (Å²) in [6.07, 6.45) is -3.03. The van der Waals surface area contributed by atoms with Gasteiger partial charge in [0.1, 0.15) is 18.3 Å². The number of ether oxygens (including phenoxy) is 1. The van der Waals surface area contributed by atoms with Crippen molar-refractivity contribution in [2.24, 2.45) is 5.73 Å². The highest BCUT2D eigenvalue weighted by Crippen LogP contribution is 2.18. The summed E-state index contributed by atoms with van der Waals surface area (Å²) in [5, 5.41) is 34.5. The zero-order chi connectivity index (χ0) is 14.0. The molecular weight excluding hydrogens is 254 g/mol. The summed E-state index contributed by atoms with van der Waals surface area (Å²) in [4.78, 5) is 11.8. The Morgan fingerprint density at radius 1 is 1.37 bits per heavy atom. The normalized spacial score (nSPS) is 43.2. The summed E-state index contributed by atoms with van der Waals surface area (Å²) in [5.74, 6) is -0.174. The van der Waals surface area contributed by atoms with Crippen molar-refractivity contribution in [3.8, 4) is 0 Å². The third-order valence-corrected chi connectivity index (χ3v) is 3.62. The number of carbonyl (C=O) groups is 1. The van der Waals surface area contributed by atoms with Gasteiger partial charge in [0.15, 0.2) is 6.29 Å².